The van der Waals surface area contributed by atoms with E-state index in [1.807, 2.05) is 0 Å². The molecule has 0 radical (unpaired) electrons. The Morgan fingerprint density at radius 1 is 1.07 bits per heavy atom. The highest BCUT2D eigenvalue weighted by molar-refractivity contribution is 6.31. The molecule has 0 atom stereocenters. The van der Waals surface area contributed by atoms with Crippen molar-refractivity contribution < 1.29 is 4.79 Å². The molecule has 1 saturated heterocycles. The number of carbonyl (C=O) groups excluding carboxylic acids is 1. The second-order valence-corrected chi connectivity index (χ2v) is 7.95. The Kier molecular flexibility index (Phi) is 5.39. The van der Waals surface area contributed by atoms with Gasteiger partial charge >= 0.3 is 0 Å². The lowest BCUT2D eigenvalue weighted by atomic mass is 10.1. The predicted molar refractivity (Wildman–Crippen MR) is 114 cm³/mol. The van der Waals surface area contributed by atoms with Crippen LogP contribution in [0.25, 0.3) is 10.9 Å². The Hall–Kier alpha value is -2.70. The summed E-state index contributed by atoms with van der Waals surface area (Å²) in [4.78, 5) is 29.9. The highest BCUT2D eigenvalue weighted by atomic mass is 35.5. The van der Waals surface area contributed by atoms with E-state index >= 15 is 0 Å². The van der Waals surface area contributed by atoms with Gasteiger partial charge in [-0.05, 0) is 30.7 Å². The Bertz CT molecular complexity index is 1120. The molecule has 1 aliphatic rings. The maximum Gasteiger partial charge on any atom is 0.278 e. The number of amides is 1. The van der Waals surface area contributed by atoms with Crippen LogP contribution in [0, 0.1) is 6.92 Å². The van der Waals surface area contributed by atoms with Gasteiger partial charge < -0.3 is 4.90 Å². The van der Waals surface area contributed by atoms with Crippen LogP contribution < -0.4 is 5.43 Å². The van der Waals surface area contributed by atoms with Crippen molar-refractivity contribution in [1.82, 2.24) is 19.6 Å². The second-order valence-electron chi connectivity index (χ2n) is 7.52. The zero-order valence-electron chi connectivity index (χ0n) is 16.6. The minimum Gasteiger partial charge on any atom is -0.335 e. The maximum absolute atomic E-state index is 13.0. The fraction of sp³-hybridized carbons (Fsp3) is 0.318. The van der Waals surface area contributed by atoms with E-state index in [1.54, 1.807) is 34.8 Å². The van der Waals surface area contributed by atoms with E-state index in [-0.39, 0.29) is 17.0 Å². The molecule has 0 unspecified atom stereocenters. The first-order valence-electron chi connectivity index (χ1n) is 9.66. The number of rotatable bonds is 3. The molecule has 1 fully saturated rings. The fourth-order valence-electron chi connectivity index (χ4n) is 3.70. The smallest absolute Gasteiger partial charge is 0.278 e. The van der Waals surface area contributed by atoms with E-state index in [0.717, 1.165) is 19.6 Å². The summed E-state index contributed by atoms with van der Waals surface area (Å²) >= 11 is 6.05. The highest BCUT2D eigenvalue weighted by Gasteiger charge is 2.26. The van der Waals surface area contributed by atoms with Gasteiger partial charge in [-0.2, -0.15) is 5.10 Å². The number of benzene rings is 2. The van der Waals surface area contributed by atoms with Crippen LogP contribution >= 0.6 is 11.6 Å². The molecule has 3 aromatic rings. The normalized spacial score (nSPS) is 15.1. The van der Waals surface area contributed by atoms with Gasteiger partial charge in [0.15, 0.2) is 5.69 Å². The Labute approximate surface area is 174 Å². The molecule has 4 rings (SSSR count). The van der Waals surface area contributed by atoms with Crippen LogP contribution in [-0.4, -0.2) is 51.7 Å². The van der Waals surface area contributed by atoms with E-state index in [1.165, 1.54) is 11.1 Å². The van der Waals surface area contributed by atoms with Crippen molar-refractivity contribution in [2.75, 3.05) is 26.2 Å². The molecule has 0 aliphatic carbocycles. The number of nitrogens with zero attached hydrogens (tertiary/aromatic N) is 4. The molecule has 1 amide bonds. The van der Waals surface area contributed by atoms with Gasteiger partial charge in [-0.1, -0.05) is 41.4 Å². The van der Waals surface area contributed by atoms with Crippen molar-refractivity contribution in [3.05, 3.63) is 74.5 Å². The Balaban J connectivity index is 1.49. The van der Waals surface area contributed by atoms with Gasteiger partial charge in [0.1, 0.15) is 0 Å². The Morgan fingerprint density at radius 3 is 2.45 bits per heavy atom. The van der Waals surface area contributed by atoms with Gasteiger partial charge in [-0.25, -0.2) is 0 Å². The van der Waals surface area contributed by atoms with E-state index < -0.39 is 0 Å². The van der Waals surface area contributed by atoms with Gasteiger partial charge in [-0.3, -0.25) is 19.2 Å². The third-order valence-corrected chi connectivity index (χ3v) is 5.64. The van der Waals surface area contributed by atoms with Crippen molar-refractivity contribution in [2.24, 2.45) is 7.05 Å². The molecule has 1 aliphatic heterocycles. The van der Waals surface area contributed by atoms with Crippen LogP contribution in [0.5, 0.6) is 0 Å². The number of carbonyl (C=O) groups is 1. The first-order valence-corrected chi connectivity index (χ1v) is 10.0. The SMILES string of the molecule is Cc1ccc(CN2CCN(C(=O)c3nn(C)c4ccc(Cl)cc4c3=O)CC2)cc1. The van der Waals surface area contributed by atoms with Gasteiger partial charge in [0, 0.05) is 44.8 Å². The average Bonchev–Trinajstić information content (AvgIpc) is 2.72. The summed E-state index contributed by atoms with van der Waals surface area (Å²) < 4.78 is 1.56. The molecule has 29 heavy (non-hydrogen) atoms. The van der Waals surface area contributed by atoms with Crippen LogP contribution in [0.1, 0.15) is 21.6 Å². The minimum atomic E-state index is -0.368. The minimum absolute atomic E-state index is 0.0470. The number of aromatic nitrogens is 2. The zero-order valence-corrected chi connectivity index (χ0v) is 17.3. The number of hydrogen-bond donors (Lipinski definition) is 0. The second kappa shape index (κ2) is 7.97. The van der Waals surface area contributed by atoms with Gasteiger partial charge in [0.25, 0.3) is 5.91 Å². The standard InChI is InChI=1S/C22H23ClN4O2/c1-15-3-5-16(6-4-15)14-26-9-11-27(12-10-26)22(29)20-21(28)18-13-17(23)7-8-19(18)25(2)24-20/h3-8,13H,9-12,14H2,1-2H3. The van der Waals surface area contributed by atoms with Crippen LogP contribution in [0.2, 0.25) is 5.02 Å². The number of halogens is 1. The summed E-state index contributed by atoms with van der Waals surface area (Å²) in [6.45, 7) is 5.61. The number of piperazine rings is 1. The van der Waals surface area contributed by atoms with Gasteiger partial charge in [0.05, 0.1) is 10.9 Å². The fourth-order valence-corrected chi connectivity index (χ4v) is 3.87. The molecule has 6 nitrogen and oxygen atoms in total. The number of fused-ring (bicyclic) bond motifs is 1. The summed E-state index contributed by atoms with van der Waals surface area (Å²) in [7, 11) is 1.73. The van der Waals surface area contributed by atoms with Crippen LogP contribution in [0.15, 0.2) is 47.3 Å². The third-order valence-electron chi connectivity index (χ3n) is 5.41. The van der Waals surface area contributed by atoms with Crippen LogP contribution in [0.3, 0.4) is 0 Å². The predicted octanol–water partition coefficient (Wildman–Crippen LogP) is 2.85. The van der Waals surface area contributed by atoms with Crippen molar-refractivity contribution in [1.29, 1.82) is 0 Å². The molecule has 7 heteroatoms. The zero-order chi connectivity index (χ0) is 20.5. The van der Waals surface area contributed by atoms with E-state index in [4.69, 9.17) is 11.6 Å². The lowest BCUT2D eigenvalue weighted by Gasteiger charge is -2.34. The molecular formula is C22H23ClN4O2. The summed E-state index contributed by atoms with van der Waals surface area (Å²) in [5.74, 6) is -0.317. The molecule has 0 saturated carbocycles. The largest absolute Gasteiger partial charge is 0.335 e. The summed E-state index contributed by atoms with van der Waals surface area (Å²) in [5, 5.41) is 5.13. The summed E-state index contributed by atoms with van der Waals surface area (Å²) in [6.07, 6.45) is 0. The molecule has 2 heterocycles. The van der Waals surface area contributed by atoms with Crippen molar-refractivity contribution in [3.8, 4) is 0 Å². The van der Waals surface area contributed by atoms with Crippen molar-refractivity contribution >= 4 is 28.4 Å². The molecule has 150 valence electrons. The molecule has 2 aromatic carbocycles. The molecule has 1 aromatic heterocycles. The number of hydrogen-bond acceptors (Lipinski definition) is 4. The third kappa shape index (κ3) is 4.04. The van der Waals surface area contributed by atoms with E-state index in [9.17, 15) is 9.59 Å². The van der Waals surface area contributed by atoms with Gasteiger partial charge in [-0.15, -0.1) is 0 Å². The first-order chi connectivity index (χ1) is 13.9. The van der Waals surface area contributed by atoms with Crippen LogP contribution in [0.4, 0.5) is 0 Å². The maximum atomic E-state index is 13.0. The van der Waals surface area contributed by atoms with Crippen LogP contribution in [-0.2, 0) is 13.6 Å². The lowest BCUT2D eigenvalue weighted by molar-refractivity contribution is 0.0619. The van der Waals surface area contributed by atoms with Crippen molar-refractivity contribution in [3.63, 3.8) is 0 Å². The summed E-state index contributed by atoms with van der Waals surface area (Å²) in [6, 6.07) is 13.5. The summed E-state index contributed by atoms with van der Waals surface area (Å²) in [5.41, 5.74) is 2.74. The first kappa shape index (κ1) is 19.6. The molecule has 0 spiro atoms. The number of aryl methyl sites for hydroxylation is 2. The molecule has 0 N–H and O–H groups in total. The molecule has 0 bridgehead atoms. The molecular weight excluding hydrogens is 388 g/mol. The van der Waals surface area contributed by atoms with Crippen molar-refractivity contribution in [2.45, 2.75) is 13.5 Å². The van der Waals surface area contributed by atoms with Gasteiger partial charge in [0.2, 0.25) is 5.43 Å². The topological polar surface area (TPSA) is 58.4 Å². The highest BCUT2D eigenvalue weighted by Crippen LogP contribution is 2.17. The van der Waals surface area contributed by atoms with E-state index in [0.29, 0.717) is 29.0 Å². The monoisotopic (exact) mass is 410 g/mol. The average molecular weight is 411 g/mol. The Morgan fingerprint density at radius 2 is 1.76 bits per heavy atom. The lowest BCUT2D eigenvalue weighted by Crippen LogP contribution is -2.49. The van der Waals surface area contributed by atoms with E-state index in [2.05, 4.69) is 41.2 Å². The quantitative estimate of drug-likeness (QED) is 0.666.